The van der Waals surface area contributed by atoms with Gasteiger partial charge in [-0.15, -0.1) is 0 Å². The van der Waals surface area contributed by atoms with E-state index in [2.05, 4.69) is 17.3 Å². The summed E-state index contributed by atoms with van der Waals surface area (Å²) in [6.07, 6.45) is 5.97. The Morgan fingerprint density at radius 1 is 1.33 bits per heavy atom. The first kappa shape index (κ1) is 18.4. The number of morpholine rings is 1. The van der Waals surface area contributed by atoms with Gasteiger partial charge in [0.1, 0.15) is 5.75 Å². The van der Waals surface area contributed by atoms with Gasteiger partial charge in [0.15, 0.2) is 6.61 Å². The molecule has 1 saturated carbocycles. The van der Waals surface area contributed by atoms with Crippen molar-refractivity contribution in [2.45, 2.75) is 44.1 Å². The van der Waals surface area contributed by atoms with Crippen LogP contribution in [0.1, 0.15) is 38.2 Å². The van der Waals surface area contributed by atoms with Crippen molar-refractivity contribution < 1.29 is 19.0 Å². The Balaban J connectivity index is 1.32. The summed E-state index contributed by atoms with van der Waals surface area (Å²) < 4.78 is 16.8. The molecule has 2 fully saturated rings. The number of hydrogen-bond donors (Lipinski definition) is 0. The van der Waals surface area contributed by atoms with E-state index in [-0.39, 0.29) is 17.4 Å². The summed E-state index contributed by atoms with van der Waals surface area (Å²) in [6, 6.07) is 6.17. The third-order valence-corrected chi connectivity index (χ3v) is 5.78. The molecular formula is C21H27N2O4. The van der Waals surface area contributed by atoms with Crippen molar-refractivity contribution in [2.24, 2.45) is 4.99 Å². The van der Waals surface area contributed by atoms with E-state index in [0.717, 1.165) is 37.1 Å². The summed E-state index contributed by atoms with van der Waals surface area (Å²) in [5.41, 5.74) is 2.29. The van der Waals surface area contributed by atoms with Gasteiger partial charge in [-0.1, -0.05) is 0 Å². The highest BCUT2D eigenvalue weighted by molar-refractivity contribution is 5.86. The van der Waals surface area contributed by atoms with Crippen LogP contribution in [-0.4, -0.2) is 56.0 Å². The zero-order valence-electron chi connectivity index (χ0n) is 15.9. The molecule has 1 amide bonds. The molecule has 1 spiro atoms. The maximum absolute atomic E-state index is 12.2. The van der Waals surface area contributed by atoms with Crippen molar-refractivity contribution in [1.82, 2.24) is 4.90 Å². The number of nitrogens with zero attached hydrogens (tertiary/aromatic N) is 2. The van der Waals surface area contributed by atoms with Gasteiger partial charge in [-0.2, -0.15) is 0 Å². The van der Waals surface area contributed by atoms with Crippen LogP contribution in [0.25, 0.3) is 0 Å². The minimum absolute atomic E-state index is 0.0173. The second-order valence-electron chi connectivity index (χ2n) is 7.42. The van der Waals surface area contributed by atoms with Gasteiger partial charge in [0.25, 0.3) is 5.91 Å². The lowest BCUT2D eigenvalue weighted by Gasteiger charge is -2.36. The largest absolute Gasteiger partial charge is 0.494 e. The van der Waals surface area contributed by atoms with Gasteiger partial charge in [-0.05, 0) is 56.4 Å². The standard InChI is InChI=1S/C21H27N2O4/c1-2-26-17-3-4-19-18(13-17)21(15-22-19)7-5-16(6-8-21)27-14-20(24)23-9-11-25-12-10-23/h3-4,13-16H,2,5-12H2,1H3/t16-,21+. The van der Waals surface area contributed by atoms with Gasteiger partial charge >= 0.3 is 0 Å². The summed E-state index contributed by atoms with van der Waals surface area (Å²) >= 11 is 0. The normalized spacial score (nSPS) is 27.0. The quantitative estimate of drug-likeness (QED) is 0.798. The number of carbonyl (C=O) groups is 1. The maximum Gasteiger partial charge on any atom is 0.255 e. The monoisotopic (exact) mass is 371 g/mol. The van der Waals surface area contributed by atoms with Crippen molar-refractivity contribution in [1.29, 1.82) is 0 Å². The third kappa shape index (κ3) is 3.87. The number of rotatable bonds is 5. The fourth-order valence-electron chi connectivity index (χ4n) is 4.20. The molecule has 27 heavy (non-hydrogen) atoms. The van der Waals surface area contributed by atoms with Crippen LogP contribution in [0, 0.1) is 6.61 Å². The van der Waals surface area contributed by atoms with Gasteiger partial charge in [-0.25, -0.2) is 0 Å². The molecule has 2 aliphatic heterocycles. The van der Waals surface area contributed by atoms with E-state index in [1.165, 1.54) is 12.2 Å². The third-order valence-electron chi connectivity index (χ3n) is 5.78. The molecule has 2 heterocycles. The average Bonchev–Trinajstić information content (AvgIpc) is 3.06. The molecule has 6 heteroatoms. The average molecular weight is 371 g/mol. The first-order chi connectivity index (χ1) is 13.2. The van der Waals surface area contributed by atoms with Crippen LogP contribution in [0.3, 0.4) is 0 Å². The van der Waals surface area contributed by atoms with Crippen molar-refractivity contribution in [3.63, 3.8) is 0 Å². The summed E-state index contributed by atoms with van der Waals surface area (Å²) in [6.45, 7) is 6.55. The topological polar surface area (TPSA) is 60.4 Å². The fraction of sp³-hybridized carbons (Fsp3) is 0.571. The van der Waals surface area contributed by atoms with Crippen LogP contribution in [0.2, 0.25) is 0 Å². The predicted molar refractivity (Wildman–Crippen MR) is 102 cm³/mol. The molecule has 4 rings (SSSR count). The van der Waals surface area contributed by atoms with Crippen molar-refractivity contribution in [2.75, 3.05) is 32.9 Å². The van der Waals surface area contributed by atoms with E-state index in [0.29, 0.717) is 32.9 Å². The molecular weight excluding hydrogens is 344 g/mol. The zero-order valence-corrected chi connectivity index (χ0v) is 15.9. The number of hydrogen-bond acceptors (Lipinski definition) is 5. The first-order valence-electron chi connectivity index (χ1n) is 9.88. The Kier molecular flexibility index (Phi) is 5.45. The van der Waals surface area contributed by atoms with Crippen LogP contribution in [0.4, 0.5) is 5.69 Å². The van der Waals surface area contributed by atoms with Gasteiger partial charge in [0.2, 0.25) is 0 Å². The highest BCUT2D eigenvalue weighted by atomic mass is 16.5. The Morgan fingerprint density at radius 3 is 2.85 bits per heavy atom. The molecule has 0 aromatic heterocycles. The molecule has 0 N–H and O–H groups in total. The maximum atomic E-state index is 12.2. The molecule has 1 saturated heterocycles. The smallest absolute Gasteiger partial charge is 0.255 e. The second-order valence-corrected chi connectivity index (χ2v) is 7.42. The predicted octanol–water partition coefficient (Wildman–Crippen LogP) is 3.02. The molecule has 0 bridgehead atoms. The van der Waals surface area contributed by atoms with Crippen molar-refractivity contribution in [3.05, 3.63) is 30.4 Å². The number of benzene rings is 1. The molecule has 0 unspecified atom stereocenters. The van der Waals surface area contributed by atoms with Crippen LogP contribution in [0.5, 0.6) is 5.75 Å². The van der Waals surface area contributed by atoms with E-state index in [4.69, 9.17) is 14.2 Å². The summed E-state index contributed by atoms with van der Waals surface area (Å²) in [4.78, 5) is 18.6. The number of carbonyl (C=O) groups excluding carboxylic acids is 1. The van der Waals surface area contributed by atoms with Crippen molar-refractivity contribution in [3.8, 4) is 5.75 Å². The lowest BCUT2D eigenvalue weighted by atomic mass is 9.70. The van der Waals surface area contributed by atoms with Gasteiger partial charge in [0, 0.05) is 24.7 Å². The number of amides is 1. The van der Waals surface area contributed by atoms with Gasteiger partial charge in [0.05, 0.1) is 31.6 Å². The van der Waals surface area contributed by atoms with Gasteiger partial charge < -0.3 is 19.1 Å². The van der Waals surface area contributed by atoms with E-state index < -0.39 is 0 Å². The Hall–Kier alpha value is -1.92. The molecule has 0 atom stereocenters. The van der Waals surface area contributed by atoms with Crippen molar-refractivity contribution >= 4 is 17.8 Å². The second kappa shape index (κ2) is 7.98. The number of fused-ring (bicyclic) bond motifs is 2. The molecule has 3 aliphatic rings. The molecule has 1 aromatic rings. The molecule has 1 radical (unpaired) electrons. The van der Waals surface area contributed by atoms with Gasteiger partial charge in [-0.3, -0.25) is 9.79 Å². The molecule has 1 aromatic carbocycles. The lowest BCUT2D eigenvalue weighted by Crippen LogP contribution is -2.42. The Bertz CT molecular complexity index is 704. The summed E-state index contributed by atoms with van der Waals surface area (Å²) in [5.74, 6) is 0.858. The minimum atomic E-state index is -0.0484. The number of aliphatic imine (C=N–C) groups is 1. The fourth-order valence-corrected chi connectivity index (χ4v) is 4.20. The highest BCUT2D eigenvalue weighted by Crippen LogP contribution is 2.47. The van der Waals surface area contributed by atoms with E-state index in [9.17, 15) is 4.79 Å². The van der Waals surface area contributed by atoms with E-state index in [1.807, 2.05) is 19.1 Å². The summed E-state index contributed by atoms with van der Waals surface area (Å²) in [7, 11) is 0. The van der Waals surface area contributed by atoms with Crippen LogP contribution < -0.4 is 4.74 Å². The van der Waals surface area contributed by atoms with Crippen LogP contribution >= 0.6 is 0 Å². The first-order valence-corrected chi connectivity index (χ1v) is 9.88. The lowest BCUT2D eigenvalue weighted by molar-refractivity contribution is -0.137. The van der Waals surface area contributed by atoms with E-state index >= 15 is 0 Å². The minimum Gasteiger partial charge on any atom is -0.494 e. The zero-order chi connectivity index (χ0) is 18.7. The Labute approximate surface area is 160 Å². The van der Waals surface area contributed by atoms with Crippen LogP contribution in [0.15, 0.2) is 23.2 Å². The summed E-state index contributed by atoms with van der Waals surface area (Å²) in [5, 5.41) is 0. The van der Waals surface area contributed by atoms with Crippen LogP contribution in [-0.2, 0) is 19.7 Å². The van der Waals surface area contributed by atoms with E-state index in [1.54, 1.807) is 4.90 Å². The number of ether oxygens (including phenoxy) is 3. The molecule has 6 nitrogen and oxygen atoms in total. The highest BCUT2D eigenvalue weighted by Gasteiger charge is 2.40. The SMILES string of the molecule is CCOc1ccc2c(c1)[C@]1(C=N2)CC[C@H](O[CH]C(=O)N2CCOCC2)CC1. The Morgan fingerprint density at radius 2 is 2.11 bits per heavy atom. The molecule has 145 valence electrons. The molecule has 1 aliphatic carbocycles.